The molecule has 30 heavy (non-hydrogen) atoms. The molecule has 2 heterocycles. The number of methoxy groups -OCH3 is 1. The van der Waals surface area contributed by atoms with E-state index < -0.39 is 4.92 Å². The number of hydrogen-bond acceptors (Lipinski definition) is 7. The molecule has 0 spiro atoms. The molecule has 9 nitrogen and oxygen atoms in total. The molecule has 3 aromatic rings. The highest BCUT2D eigenvalue weighted by Crippen LogP contribution is 2.33. The van der Waals surface area contributed by atoms with Crippen LogP contribution in [-0.4, -0.2) is 32.6 Å². The highest BCUT2D eigenvalue weighted by atomic mass is 16.6. The van der Waals surface area contributed by atoms with Gasteiger partial charge in [-0.25, -0.2) is 9.67 Å². The predicted octanol–water partition coefficient (Wildman–Crippen LogP) is 3.51. The number of nitro benzene ring substituents is 1. The van der Waals surface area contributed by atoms with Gasteiger partial charge in [0.2, 0.25) is 0 Å². The summed E-state index contributed by atoms with van der Waals surface area (Å²) in [5.41, 5.74) is 0.955. The highest BCUT2D eigenvalue weighted by molar-refractivity contribution is 6.09. The van der Waals surface area contributed by atoms with Crippen molar-refractivity contribution in [2.24, 2.45) is 0 Å². The fourth-order valence-corrected chi connectivity index (χ4v) is 3.62. The second-order valence-corrected chi connectivity index (χ2v) is 7.07. The largest absolute Gasteiger partial charge is 0.377 e. The van der Waals surface area contributed by atoms with E-state index in [1.54, 1.807) is 43.5 Å². The summed E-state index contributed by atoms with van der Waals surface area (Å²) in [5, 5.41) is 19.4. The standard InChI is InChI=1S/C21H21N5O4/c1-30-13-19-23-21-17(8-5-11-25(21)24-19)22-16-10-9-15(12-18(16)26(28)29)20(27)14-6-3-2-4-7-14/h2-4,6-7,9-10,12,17,22H,5,8,11,13H2,1H3. The van der Waals surface area contributed by atoms with Crippen LogP contribution < -0.4 is 5.32 Å². The molecule has 0 aliphatic carbocycles. The van der Waals surface area contributed by atoms with Crippen LogP contribution in [0.5, 0.6) is 0 Å². The van der Waals surface area contributed by atoms with Gasteiger partial charge in [-0.15, -0.1) is 0 Å². The van der Waals surface area contributed by atoms with Gasteiger partial charge in [0.1, 0.15) is 18.1 Å². The minimum atomic E-state index is -0.478. The highest BCUT2D eigenvalue weighted by Gasteiger charge is 2.27. The van der Waals surface area contributed by atoms with Gasteiger partial charge in [0.05, 0.1) is 11.0 Å². The van der Waals surface area contributed by atoms with Gasteiger partial charge in [0.15, 0.2) is 11.6 Å². The third-order valence-electron chi connectivity index (χ3n) is 5.01. The molecule has 1 N–H and O–H groups in total. The quantitative estimate of drug-likeness (QED) is 0.362. The summed E-state index contributed by atoms with van der Waals surface area (Å²) in [6.07, 6.45) is 1.64. The van der Waals surface area contributed by atoms with Crippen molar-refractivity contribution in [3.05, 3.63) is 81.4 Å². The minimum absolute atomic E-state index is 0.148. The van der Waals surface area contributed by atoms with Crippen LogP contribution in [-0.2, 0) is 17.9 Å². The molecule has 154 valence electrons. The van der Waals surface area contributed by atoms with Gasteiger partial charge < -0.3 is 10.1 Å². The molecule has 0 radical (unpaired) electrons. The summed E-state index contributed by atoms with van der Waals surface area (Å²) in [7, 11) is 1.58. The summed E-state index contributed by atoms with van der Waals surface area (Å²) in [4.78, 5) is 28.4. The average molecular weight is 407 g/mol. The van der Waals surface area contributed by atoms with Gasteiger partial charge in [-0.05, 0) is 25.0 Å². The SMILES string of the molecule is COCc1nc2n(n1)CCCC2Nc1ccc(C(=O)c2ccccc2)cc1[N+](=O)[O-]. The summed E-state index contributed by atoms with van der Waals surface area (Å²) in [5.74, 6) is 1.05. The number of carbonyl (C=O) groups is 1. The maximum Gasteiger partial charge on any atom is 0.293 e. The number of nitrogens with zero attached hydrogens (tertiary/aromatic N) is 4. The maximum absolute atomic E-state index is 12.7. The number of hydrogen-bond donors (Lipinski definition) is 1. The summed E-state index contributed by atoms with van der Waals surface area (Å²) in [6, 6.07) is 13.0. The van der Waals surface area contributed by atoms with Crippen LogP contribution in [0.15, 0.2) is 48.5 Å². The zero-order valence-electron chi connectivity index (χ0n) is 16.4. The van der Waals surface area contributed by atoms with E-state index in [0.29, 0.717) is 23.7 Å². The van der Waals surface area contributed by atoms with Crippen LogP contribution in [0.4, 0.5) is 11.4 Å². The van der Waals surface area contributed by atoms with Crippen molar-refractivity contribution in [1.29, 1.82) is 0 Å². The number of anilines is 1. The monoisotopic (exact) mass is 407 g/mol. The zero-order chi connectivity index (χ0) is 21.1. The van der Waals surface area contributed by atoms with Crippen molar-refractivity contribution in [3.63, 3.8) is 0 Å². The number of ether oxygens (including phenoxy) is 1. The molecule has 1 atom stereocenters. The molecule has 1 aromatic heterocycles. The molecule has 9 heteroatoms. The van der Waals surface area contributed by atoms with Crippen molar-refractivity contribution >= 4 is 17.2 Å². The number of nitro groups is 1. The van der Waals surface area contributed by atoms with E-state index in [2.05, 4.69) is 15.4 Å². The first-order valence-electron chi connectivity index (χ1n) is 9.64. The second kappa shape index (κ2) is 8.42. The number of ketones is 1. The van der Waals surface area contributed by atoms with Crippen LogP contribution in [0.2, 0.25) is 0 Å². The minimum Gasteiger partial charge on any atom is -0.377 e. The van der Waals surface area contributed by atoms with E-state index in [0.717, 1.165) is 25.2 Å². The topological polar surface area (TPSA) is 112 Å². The third-order valence-corrected chi connectivity index (χ3v) is 5.01. The molecular weight excluding hydrogens is 386 g/mol. The lowest BCUT2D eigenvalue weighted by Gasteiger charge is -2.24. The van der Waals surface area contributed by atoms with Crippen molar-refractivity contribution in [1.82, 2.24) is 14.8 Å². The second-order valence-electron chi connectivity index (χ2n) is 7.07. The van der Waals surface area contributed by atoms with E-state index in [1.807, 2.05) is 10.7 Å². The van der Waals surface area contributed by atoms with E-state index in [4.69, 9.17) is 4.74 Å². The number of aryl methyl sites for hydroxylation is 1. The number of carbonyl (C=O) groups excluding carboxylic acids is 1. The van der Waals surface area contributed by atoms with Gasteiger partial charge >= 0.3 is 0 Å². The maximum atomic E-state index is 12.7. The van der Waals surface area contributed by atoms with Crippen molar-refractivity contribution in [2.75, 3.05) is 12.4 Å². The Morgan fingerprint density at radius 3 is 2.80 bits per heavy atom. The number of benzene rings is 2. The Morgan fingerprint density at radius 1 is 1.27 bits per heavy atom. The van der Waals surface area contributed by atoms with Gasteiger partial charge in [-0.3, -0.25) is 14.9 Å². The average Bonchev–Trinajstić information content (AvgIpc) is 3.18. The summed E-state index contributed by atoms with van der Waals surface area (Å²) >= 11 is 0. The Balaban J connectivity index is 1.63. The summed E-state index contributed by atoms with van der Waals surface area (Å²) < 4.78 is 6.92. The number of aromatic nitrogens is 3. The molecule has 0 fully saturated rings. The number of fused-ring (bicyclic) bond motifs is 1. The van der Waals surface area contributed by atoms with Crippen molar-refractivity contribution in [2.45, 2.75) is 32.0 Å². The molecule has 0 saturated carbocycles. The molecule has 1 unspecified atom stereocenters. The molecule has 1 aliphatic heterocycles. The molecule has 4 rings (SSSR count). The molecule has 1 aliphatic rings. The van der Waals surface area contributed by atoms with Gasteiger partial charge in [-0.1, -0.05) is 30.3 Å². The lowest BCUT2D eigenvalue weighted by molar-refractivity contribution is -0.384. The lowest BCUT2D eigenvalue weighted by Crippen LogP contribution is -2.23. The first-order valence-corrected chi connectivity index (χ1v) is 9.64. The molecule has 2 aromatic carbocycles. The smallest absolute Gasteiger partial charge is 0.293 e. The fraction of sp³-hybridized carbons (Fsp3) is 0.286. The Bertz CT molecular complexity index is 1080. The fourth-order valence-electron chi connectivity index (χ4n) is 3.62. The van der Waals surface area contributed by atoms with E-state index >= 15 is 0 Å². The predicted molar refractivity (Wildman–Crippen MR) is 109 cm³/mol. The Labute approximate surface area is 172 Å². The van der Waals surface area contributed by atoms with Crippen LogP contribution in [0.1, 0.15) is 46.5 Å². The van der Waals surface area contributed by atoms with Gasteiger partial charge in [0.25, 0.3) is 5.69 Å². The molecule has 0 saturated heterocycles. The number of nitrogens with one attached hydrogen (secondary N) is 1. The zero-order valence-corrected chi connectivity index (χ0v) is 16.4. The summed E-state index contributed by atoms with van der Waals surface area (Å²) in [6.45, 7) is 1.06. The van der Waals surface area contributed by atoms with Crippen molar-refractivity contribution in [3.8, 4) is 0 Å². The van der Waals surface area contributed by atoms with Crippen LogP contribution in [0.3, 0.4) is 0 Å². The van der Waals surface area contributed by atoms with Gasteiger partial charge in [0, 0.05) is 30.8 Å². The van der Waals surface area contributed by atoms with E-state index in [9.17, 15) is 14.9 Å². The Hall–Kier alpha value is -3.59. The van der Waals surface area contributed by atoms with Crippen molar-refractivity contribution < 1.29 is 14.5 Å². The van der Waals surface area contributed by atoms with Crippen LogP contribution >= 0.6 is 0 Å². The van der Waals surface area contributed by atoms with E-state index in [-0.39, 0.29) is 23.1 Å². The lowest BCUT2D eigenvalue weighted by atomic mass is 10.0. The molecular formula is C21H21N5O4. The first-order chi connectivity index (χ1) is 14.6. The van der Waals surface area contributed by atoms with Gasteiger partial charge in [-0.2, -0.15) is 5.10 Å². The van der Waals surface area contributed by atoms with E-state index in [1.165, 1.54) is 6.07 Å². The molecule has 0 bridgehead atoms. The Kier molecular flexibility index (Phi) is 5.53. The number of rotatable bonds is 7. The van der Waals surface area contributed by atoms with Crippen LogP contribution in [0, 0.1) is 10.1 Å². The Morgan fingerprint density at radius 2 is 2.07 bits per heavy atom. The first kappa shape index (κ1) is 19.7. The molecule has 0 amide bonds. The van der Waals surface area contributed by atoms with Crippen LogP contribution in [0.25, 0.3) is 0 Å². The third kappa shape index (κ3) is 3.92. The normalized spacial score (nSPS) is 15.4.